The summed E-state index contributed by atoms with van der Waals surface area (Å²) in [7, 11) is 0. The number of carbonyl (C=O) groups is 4. The molecule has 12 heteroatoms. The van der Waals surface area contributed by atoms with E-state index in [4.69, 9.17) is 0 Å². The molecular weight excluding hydrogens is 645 g/mol. The van der Waals surface area contributed by atoms with Crippen molar-refractivity contribution in [1.29, 1.82) is 0 Å². The molecule has 0 aromatic heterocycles. The summed E-state index contributed by atoms with van der Waals surface area (Å²) in [4.78, 5) is 54.9. The van der Waals surface area contributed by atoms with E-state index in [0.29, 0.717) is 35.3 Å². The maximum atomic E-state index is 13.1. The Hall–Kier alpha value is -1.18. The number of benzene rings is 2. The molecule has 0 fully saturated rings. The van der Waals surface area contributed by atoms with Gasteiger partial charge in [0.1, 0.15) is 0 Å². The van der Waals surface area contributed by atoms with E-state index in [1.807, 2.05) is 47.0 Å². The van der Waals surface area contributed by atoms with Crippen LogP contribution in [0.15, 0.2) is 36.4 Å². The molecule has 0 bridgehead atoms. The summed E-state index contributed by atoms with van der Waals surface area (Å²) in [6, 6.07) is 10.5. The molecule has 42 heavy (non-hydrogen) atoms. The molecular formula is C30H36N2O4S6. The van der Waals surface area contributed by atoms with Gasteiger partial charge in [-0.05, 0) is 71.2 Å². The maximum Gasteiger partial charge on any atom is 0.261 e. The second-order valence-corrected chi connectivity index (χ2v) is 15.4. The quantitative estimate of drug-likeness (QED) is 0.105. The Kier molecular flexibility index (Phi) is 13.9. The van der Waals surface area contributed by atoms with Gasteiger partial charge in [0.15, 0.2) is 0 Å². The molecule has 0 saturated carbocycles. The largest absolute Gasteiger partial charge is 0.274 e. The van der Waals surface area contributed by atoms with Gasteiger partial charge in [0.25, 0.3) is 23.6 Å². The van der Waals surface area contributed by atoms with Crippen LogP contribution >= 0.6 is 72.3 Å². The Morgan fingerprint density at radius 2 is 0.833 bits per heavy atom. The number of thiol groups is 2. The van der Waals surface area contributed by atoms with Gasteiger partial charge in [-0.3, -0.25) is 29.0 Å². The molecule has 0 spiro atoms. The normalized spacial score (nSPS) is 14.3. The van der Waals surface area contributed by atoms with Crippen LogP contribution in [0.2, 0.25) is 0 Å². The number of amides is 4. The zero-order chi connectivity index (χ0) is 29.9. The number of hydrogen-bond acceptors (Lipinski definition) is 10. The van der Waals surface area contributed by atoms with Gasteiger partial charge in [0, 0.05) is 47.6 Å². The molecule has 4 amide bonds. The molecule has 0 unspecified atom stereocenters. The predicted octanol–water partition coefficient (Wildman–Crippen LogP) is 6.12. The number of fused-ring (bicyclic) bond motifs is 2. The molecule has 2 aliphatic heterocycles. The van der Waals surface area contributed by atoms with Gasteiger partial charge < -0.3 is 0 Å². The Bertz CT molecular complexity index is 1190. The average molecular weight is 681 g/mol. The zero-order valence-electron chi connectivity index (χ0n) is 23.4. The predicted molar refractivity (Wildman–Crippen MR) is 189 cm³/mol. The first kappa shape index (κ1) is 33.7. The van der Waals surface area contributed by atoms with Crippen molar-refractivity contribution in [2.24, 2.45) is 0 Å². The Morgan fingerprint density at radius 1 is 0.476 bits per heavy atom. The Balaban J connectivity index is 1.32. The number of thioether (sulfide) groups is 4. The number of nitrogens with zero attached hydrogens (tertiary/aromatic N) is 2. The van der Waals surface area contributed by atoms with E-state index in [1.165, 1.54) is 9.80 Å². The first-order chi connectivity index (χ1) is 20.5. The summed E-state index contributed by atoms with van der Waals surface area (Å²) in [6.45, 7) is 0.800. The second kappa shape index (κ2) is 17.3. The fourth-order valence-electron chi connectivity index (χ4n) is 4.77. The molecule has 0 atom stereocenters. The van der Waals surface area contributed by atoms with Gasteiger partial charge in [0.2, 0.25) is 0 Å². The minimum atomic E-state index is -0.275. The minimum Gasteiger partial charge on any atom is -0.274 e. The van der Waals surface area contributed by atoms with E-state index in [2.05, 4.69) is 25.3 Å². The highest BCUT2D eigenvalue weighted by molar-refractivity contribution is 8.03. The molecule has 6 nitrogen and oxygen atoms in total. The van der Waals surface area contributed by atoms with Crippen LogP contribution in [0.3, 0.4) is 0 Å². The fourth-order valence-corrected chi connectivity index (χ4v) is 9.17. The minimum absolute atomic E-state index is 0.254. The highest BCUT2D eigenvalue weighted by Crippen LogP contribution is 2.32. The first-order valence-corrected chi connectivity index (χ1v) is 19.9. The van der Waals surface area contributed by atoms with Crippen molar-refractivity contribution in [3.05, 3.63) is 58.7 Å². The van der Waals surface area contributed by atoms with E-state index in [1.54, 1.807) is 36.4 Å². The van der Waals surface area contributed by atoms with Crippen molar-refractivity contribution < 1.29 is 19.2 Å². The SMILES string of the molecule is O=C1c2ccc(-c3ccc4c(c3)C(=O)N(CCCSCCSCCS)C4=O)cc2C(=O)N1CCCSCCSCCS. The summed E-state index contributed by atoms with van der Waals surface area (Å²) in [5.74, 6) is 8.87. The van der Waals surface area contributed by atoms with Crippen LogP contribution in [0.1, 0.15) is 54.3 Å². The van der Waals surface area contributed by atoms with E-state index in [9.17, 15) is 19.2 Å². The summed E-state index contributed by atoms with van der Waals surface area (Å²) in [5.41, 5.74) is 3.07. The lowest BCUT2D eigenvalue weighted by Gasteiger charge is -2.13. The lowest BCUT2D eigenvalue weighted by Crippen LogP contribution is -2.31. The lowest BCUT2D eigenvalue weighted by atomic mass is 9.97. The third kappa shape index (κ3) is 8.50. The van der Waals surface area contributed by atoms with Crippen molar-refractivity contribution in [1.82, 2.24) is 9.80 Å². The fraction of sp³-hybridized carbons (Fsp3) is 0.467. The number of imide groups is 2. The van der Waals surface area contributed by atoms with E-state index >= 15 is 0 Å². The van der Waals surface area contributed by atoms with Crippen LogP contribution in [0, 0.1) is 0 Å². The summed E-state index contributed by atoms with van der Waals surface area (Å²) in [5, 5.41) is 0. The summed E-state index contributed by atoms with van der Waals surface area (Å²) >= 11 is 15.9. The molecule has 0 aliphatic carbocycles. The smallest absolute Gasteiger partial charge is 0.261 e. The number of rotatable bonds is 19. The molecule has 4 rings (SSSR count). The van der Waals surface area contributed by atoms with Crippen LogP contribution in [0.25, 0.3) is 11.1 Å². The van der Waals surface area contributed by atoms with E-state index in [0.717, 1.165) is 81.5 Å². The van der Waals surface area contributed by atoms with Crippen molar-refractivity contribution in [2.45, 2.75) is 12.8 Å². The molecule has 2 aliphatic rings. The van der Waals surface area contributed by atoms with Crippen molar-refractivity contribution in [2.75, 3.05) is 70.6 Å². The van der Waals surface area contributed by atoms with Crippen LogP contribution < -0.4 is 0 Å². The molecule has 0 N–H and O–H groups in total. The van der Waals surface area contributed by atoms with E-state index < -0.39 is 0 Å². The van der Waals surface area contributed by atoms with Crippen molar-refractivity contribution in [3.63, 3.8) is 0 Å². The molecule has 2 aromatic rings. The molecule has 0 saturated heterocycles. The van der Waals surface area contributed by atoms with E-state index in [-0.39, 0.29) is 23.6 Å². The Morgan fingerprint density at radius 3 is 1.21 bits per heavy atom. The molecule has 226 valence electrons. The lowest BCUT2D eigenvalue weighted by molar-refractivity contribution is 0.0639. The average Bonchev–Trinajstić information content (AvgIpc) is 3.39. The highest BCUT2D eigenvalue weighted by Gasteiger charge is 2.37. The number of carbonyl (C=O) groups excluding carboxylic acids is 4. The van der Waals surface area contributed by atoms with Crippen molar-refractivity contribution >= 4 is 95.9 Å². The first-order valence-electron chi connectivity index (χ1n) is 14.0. The van der Waals surface area contributed by atoms with Crippen LogP contribution in [0.5, 0.6) is 0 Å². The maximum absolute atomic E-state index is 13.1. The second-order valence-electron chi connectivity index (χ2n) is 9.65. The standard InChI is InChI=1S/C30H36N2O4S6/c33-27-23-5-3-21(19-25(23)29(35)31(27)7-1-11-39-15-17-41-13-9-37)22-4-6-24-26(20-22)30(36)32(28(24)34)8-2-12-40-16-18-42-14-10-38/h3-6,19-20,37-38H,1-2,7-18H2. The highest BCUT2D eigenvalue weighted by atomic mass is 32.2. The Labute approximate surface area is 276 Å². The third-order valence-electron chi connectivity index (χ3n) is 6.83. The van der Waals surface area contributed by atoms with Gasteiger partial charge in [0.05, 0.1) is 22.3 Å². The third-order valence-corrected chi connectivity index (χ3v) is 12.5. The van der Waals surface area contributed by atoms with Crippen LogP contribution in [-0.4, -0.2) is 104 Å². The van der Waals surface area contributed by atoms with Crippen LogP contribution in [0.4, 0.5) is 0 Å². The van der Waals surface area contributed by atoms with Crippen LogP contribution in [-0.2, 0) is 0 Å². The topological polar surface area (TPSA) is 74.8 Å². The molecule has 2 heterocycles. The van der Waals surface area contributed by atoms with Gasteiger partial charge in [-0.15, -0.1) is 0 Å². The van der Waals surface area contributed by atoms with Crippen molar-refractivity contribution in [3.8, 4) is 11.1 Å². The van der Waals surface area contributed by atoms with Gasteiger partial charge >= 0.3 is 0 Å². The van der Waals surface area contributed by atoms with Gasteiger partial charge in [-0.1, -0.05) is 12.1 Å². The zero-order valence-corrected chi connectivity index (χ0v) is 28.5. The molecule has 2 aromatic carbocycles. The number of hydrogen-bond donors (Lipinski definition) is 2. The monoisotopic (exact) mass is 680 g/mol. The van der Waals surface area contributed by atoms with Gasteiger partial charge in [-0.2, -0.15) is 72.3 Å². The summed E-state index contributed by atoms with van der Waals surface area (Å²) < 4.78 is 0. The molecule has 0 radical (unpaired) electrons. The summed E-state index contributed by atoms with van der Waals surface area (Å²) in [6.07, 6.45) is 1.51. The van der Waals surface area contributed by atoms with Gasteiger partial charge in [-0.25, -0.2) is 0 Å².